The molecule has 24 heavy (non-hydrogen) atoms. The van der Waals surface area contributed by atoms with Crippen molar-refractivity contribution in [3.05, 3.63) is 36.3 Å². The van der Waals surface area contributed by atoms with E-state index in [2.05, 4.69) is 29.0 Å². The van der Waals surface area contributed by atoms with E-state index in [1.54, 1.807) is 6.20 Å². The standard InChI is InChI=1S/C19H28N4O/c1-15(2)13-22-8-5-6-16(14-22)11-21-19(24)10-17-12-20-18-7-3-4-9-23(17)18/h3-4,7,9,12,15-16H,5-6,8,10-11,13-14H2,1-2H3,(H,21,24). The first kappa shape index (κ1) is 17.0. The summed E-state index contributed by atoms with van der Waals surface area (Å²) >= 11 is 0. The maximum Gasteiger partial charge on any atom is 0.226 e. The Morgan fingerprint density at radius 1 is 1.42 bits per heavy atom. The monoisotopic (exact) mass is 328 g/mol. The van der Waals surface area contributed by atoms with Gasteiger partial charge in [0.1, 0.15) is 5.65 Å². The highest BCUT2D eigenvalue weighted by molar-refractivity contribution is 5.78. The highest BCUT2D eigenvalue weighted by Gasteiger charge is 2.21. The van der Waals surface area contributed by atoms with Crippen molar-refractivity contribution in [1.29, 1.82) is 0 Å². The molecule has 1 aliphatic rings. The summed E-state index contributed by atoms with van der Waals surface area (Å²) in [6, 6.07) is 5.87. The topological polar surface area (TPSA) is 49.6 Å². The molecule has 0 aromatic carbocycles. The Morgan fingerprint density at radius 3 is 3.12 bits per heavy atom. The fourth-order valence-electron chi connectivity index (χ4n) is 3.60. The van der Waals surface area contributed by atoms with E-state index in [1.165, 1.54) is 19.4 Å². The van der Waals surface area contributed by atoms with Crippen LogP contribution in [0, 0.1) is 11.8 Å². The number of imidazole rings is 1. The number of rotatable bonds is 6. The molecule has 1 saturated heterocycles. The Morgan fingerprint density at radius 2 is 2.29 bits per heavy atom. The Labute approximate surface area is 144 Å². The van der Waals surface area contributed by atoms with E-state index < -0.39 is 0 Å². The number of fused-ring (bicyclic) bond motifs is 1. The third-order valence-electron chi connectivity index (χ3n) is 4.65. The van der Waals surface area contributed by atoms with Gasteiger partial charge in [-0.3, -0.25) is 4.79 Å². The number of likely N-dealkylation sites (tertiary alicyclic amines) is 1. The quantitative estimate of drug-likeness (QED) is 0.885. The van der Waals surface area contributed by atoms with Gasteiger partial charge in [-0.25, -0.2) is 4.98 Å². The normalized spacial score (nSPS) is 19.0. The van der Waals surface area contributed by atoms with Crippen molar-refractivity contribution >= 4 is 11.6 Å². The molecule has 1 aliphatic heterocycles. The van der Waals surface area contributed by atoms with Crippen molar-refractivity contribution in [1.82, 2.24) is 19.6 Å². The van der Waals surface area contributed by atoms with E-state index in [0.717, 1.165) is 31.0 Å². The number of nitrogens with zero attached hydrogens (tertiary/aromatic N) is 3. The van der Waals surface area contributed by atoms with Crippen molar-refractivity contribution < 1.29 is 4.79 Å². The van der Waals surface area contributed by atoms with Gasteiger partial charge < -0.3 is 14.6 Å². The lowest BCUT2D eigenvalue weighted by Crippen LogP contribution is -2.42. The largest absolute Gasteiger partial charge is 0.355 e. The van der Waals surface area contributed by atoms with Gasteiger partial charge in [-0.15, -0.1) is 0 Å². The van der Waals surface area contributed by atoms with E-state index in [4.69, 9.17) is 0 Å². The summed E-state index contributed by atoms with van der Waals surface area (Å²) in [4.78, 5) is 19.2. The lowest BCUT2D eigenvalue weighted by atomic mass is 9.97. The van der Waals surface area contributed by atoms with Gasteiger partial charge in [-0.05, 0) is 43.4 Å². The van der Waals surface area contributed by atoms with E-state index in [-0.39, 0.29) is 5.91 Å². The highest BCUT2D eigenvalue weighted by Crippen LogP contribution is 2.17. The molecule has 0 spiro atoms. The van der Waals surface area contributed by atoms with E-state index >= 15 is 0 Å². The van der Waals surface area contributed by atoms with Crippen molar-refractivity contribution in [2.24, 2.45) is 11.8 Å². The maximum absolute atomic E-state index is 12.3. The second-order valence-electron chi connectivity index (χ2n) is 7.32. The molecule has 0 radical (unpaired) electrons. The zero-order valence-electron chi connectivity index (χ0n) is 14.7. The van der Waals surface area contributed by atoms with E-state index in [1.807, 2.05) is 28.8 Å². The van der Waals surface area contributed by atoms with Crippen LogP contribution in [0.2, 0.25) is 0 Å². The summed E-state index contributed by atoms with van der Waals surface area (Å²) < 4.78 is 1.98. The number of aromatic nitrogens is 2. The lowest BCUT2D eigenvalue weighted by Gasteiger charge is -2.33. The van der Waals surface area contributed by atoms with Crippen LogP contribution in [0.5, 0.6) is 0 Å². The summed E-state index contributed by atoms with van der Waals surface area (Å²) in [7, 11) is 0. The first-order chi connectivity index (χ1) is 11.6. The van der Waals surface area contributed by atoms with Gasteiger partial charge in [0.15, 0.2) is 0 Å². The third-order valence-corrected chi connectivity index (χ3v) is 4.65. The summed E-state index contributed by atoms with van der Waals surface area (Å²) in [5.41, 5.74) is 1.82. The van der Waals surface area contributed by atoms with Gasteiger partial charge in [-0.2, -0.15) is 0 Å². The molecule has 1 N–H and O–H groups in total. The van der Waals surface area contributed by atoms with Crippen LogP contribution in [0.3, 0.4) is 0 Å². The molecule has 5 nitrogen and oxygen atoms in total. The Kier molecular flexibility index (Phi) is 5.51. The van der Waals surface area contributed by atoms with Crippen LogP contribution in [0.1, 0.15) is 32.4 Å². The smallest absolute Gasteiger partial charge is 0.226 e. The number of hydrogen-bond donors (Lipinski definition) is 1. The second kappa shape index (κ2) is 7.79. The van der Waals surface area contributed by atoms with Crippen LogP contribution in [0.4, 0.5) is 0 Å². The van der Waals surface area contributed by atoms with Gasteiger partial charge in [0.25, 0.3) is 0 Å². The average molecular weight is 328 g/mol. The fraction of sp³-hybridized carbons (Fsp3) is 0.579. The molecular formula is C19H28N4O. The molecule has 1 fully saturated rings. The van der Waals surface area contributed by atoms with Crippen molar-refractivity contribution in [3.8, 4) is 0 Å². The fourth-order valence-corrected chi connectivity index (χ4v) is 3.60. The molecule has 3 rings (SSSR count). The zero-order valence-corrected chi connectivity index (χ0v) is 14.7. The number of pyridine rings is 1. The van der Waals surface area contributed by atoms with Gasteiger partial charge in [0.2, 0.25) is 5.91 Å². The number of carbonyl (C=O) groups excluding carboxylic acids is 1. The van der Waals surface area contributed by atoms with E-state index in [0.29, 0.717) is 18.3 Å². The van der Waals surface area contributed by atoms with Crippen LogP contribution >= 0.6 is 0 Å². The van der Waals surface area contributed by atoms with Crippen molar-refractivity contribution in [2.45, 2.75) is 33.1 Å². The molecule has 3 heterocycles. The van der Waals surface area contributed by atoms with Crippen LogP contribution in [0.25, 0.3) is 5.65 Å². The maximum atomic E-state index is 12.3. The van der Waals surface area contributed by atoms with Gasteiger partial charge in [-0.1, -0.05) is 19.9 Å². The number of hydrogen-bond acceptors (Lipinski definition) is 3. The number of piperidine rings is 1. The van der Waals surface area contributed by atoms with Crippen molar-refractivity contribution in [3.63, 3.8) is 0 Å². The Bertz CT molecular complexity index is 679. The molecule has 1 amide bonds. The van der Waals surface area contributed by atoms with Crippen LogP contribution in [-0.4, -0.2) is 46.4 Å². The average Bonchev–Trinajstić information content (AvgIpc) is 2.96. The van der Waals surface area contributed by atoms with Gasteiger partial charge in [0, 0.05) is 32.0 Å². The number of carbonyl (C=O) groups is 1. The SMILES string of the molecule is CC(C)CN1CCCC(CNC(=O)Cc2cnc3ccccn23)C1. The molecule has 1 unspecified atom stereocenters. The Balaban J connectivity index is 1.49. The second-order valence-corrected chi connectivity index (χ2v) is 7.32. The summed E-state index contributed by atoms with van der Waals surface area (Å²) in [6.07, 6.45) is 6.58. The van der Waals surface area contributed by atoms with Crippen LogP contribution < -0.4 is 5.32 Å². The first-order valence-corrected chi connectivity index (χ1v) is 9.02. The summed E-state index contributed by atoms with van der Waals surface area (Å²) in [5, 5.41) is 3.12. The first-order valence-electron chi connectivity index (χ1n) is 9.02. The van der Waals surface area contributed by atoms with Crippen LogP contribution in [0.15, 0.2) is 30.6 Å². The number of amides is 1. The highest BCUT2D eigenvalue weighted by atomic mass is 16.1. The predicted octanol–water partition coefficient (Wildman–Crippen LogP) is 2.36. The minimum absolute atomic E-state index is 0.0848. The molecule has 2 aromatic heterocycles. The van der Waals surface area contributed by atoms with Crippen LogP contribution in [-0.2, 0) is 11.2 Å². The predicted molar refractivity (Wildman–Crippen MR) is 95.9 cm³/mol. The summed E-state index contributed by atoms with van der Waals surface area (Å²) in [6.45, 7) is 8.78. The molecule has 2 aromatic rings. The lowest BCUT2D eigenvalue weighted by molar-refractivity contribution is -0.120. The molecule has 0 aliphatic carbocycles. The minimum atomic E-state index is 0.0848. The molecule has 130 valence electrons. The molecule has 1 atom stereocenters. The van der Waals surface area contributed by atoms with Crippen molar-refractivity contribution in [2.75, 3.05) is 26.2 Å². The zero-order chi connectivity index (χ0) is 16.9. The van der Waals surface area contributed by atoms with E-state index in [9.17, 15) is 4.79 Å². The molecule has 5 heteroatoms. The molecular weight excluding hydrogens is 300 g/mol. The molecule has 0 saturated carbocycles. The Hall–Kier alpha value is -1.88. The molecule has 0 bridgehead atoms. The number of nitrogens with one attached hydrogen (secondary N) is 1. The summed E-state index contributed by atoms with van der Waals surface area (Å²) in [5.74, 6) is 1.36. The van der Waals surface area contributed by atoms with Gasteiger partial charge in [0.05, 0.1) is 12.1 Å². The minimum Gasteiger partial charge on any atom is -0.355 e. The van der Waals surface area contributed by atoms with Gasteiger partial charge >= 0.3 is 0 Å². The third kappa shape index (κ3) is 4.35.